The predicted molar refractivity (Wildman–Crippen MR) is 65.2 cm³/mol. The summed E-state index contributed by atoms with van der Waals surface area (Å²) in [6.45, 7) is 1.78. The maximum atomic E-state index is 11.0. The van der Waals surface area contributed by atoms with Crippen LogP contribution in [0.2, 0.25) is 0 Å². The van der Waals surface area contributed by atoms with Crippen molar-refractivity contribution in [3.05, 3.63) is 23.3 Å². The van der Waals surface area contributed by atoms with Crippen LogP contribution in [-0.2, 0) is 0 Å². The molecule has 1 aliphatic carbocycles. The van der Waals surface area contributed by atoms with E-state index in [9.17, 15) is 9.90 Å². The number of anilines is 2. The number of nitrogens with one attached hydrogen (secondary N) is 1. The van der Waals surface area contributed by atoms with E-state index in [0.717, 1.165) is 11.3 Å². The predicted octanol–water partition coefficient (Wildman–Crippen LogP) is 1.21. The fourth-order valence-electron chi connectivity index (χ4n) is 2.00. The molecule has 0 saturated heterocycles. The van der Waals surface area contributed by atoms with Gasteiger partial charge in [0.05, 0.1) is 11.7 Å². The van der Waals surface area contributed by atoms with E-state index in [1.54, 1.807) is 6.92 Å². The number of carbonyl (C=O) groups is 1. The van der Waals surface area contributed by atoms with Crippen molar-refractivity contribution in [1.82, 2.24) is 0 Å². The number of carboxylic acid groups (broad SMARTS) is 1. The first kappa shape index (κ1) is 11.7. The Balaban J connectivity index is 2.20. The van der Waals surface area contributed by atoms with Crippen molar-refractivity contribution in [2.75, 3.05) is 11.1 Å². The number of nitrogen functional groups attached to an aromatic ring is 1. The molecule has 5 N–H and O–H groups in total. The van der Waals surface area contributed by atoms with Crippen molar-refractivity contribution >= 4 is 17.3 Å². The molecular weight excluding hydrogens is 220 g/mol. The molecule has 0 aliphatic heterocycles. The molecule has 0 heterocycles. The van der Waals surface area contributed by atoms with Crippen molar-refractivity contribution in [2.45, 2.75) is 31.9 Å². The molecule has 5 heteroatoms. The molecule has 17 heavy (non-hydrogen) atoms. The monoisotopic (exact) mass is 236 g/mol. The third-order valence-corrected chi connectivity index (χ3v) is 3.10. The second-order valence-electron chi connectivity index (χ2n) is 4.53. The van der Waals surface area contributed by atoms with Crippen LogP contribution in [-0.4, -0.2) is 28.3 Å². The van der Waals surface area contributed by atoms with Crippen LogP contribution in [0.15, 0.2) is 12.1 Å². The topological polar surface area (TPSA) is 95.6 Å². The molecule has 1 aromatic carbocycles. The summed E-state index contributed by atoms with van der Waals surface area (Å²) in [5.41, 5.74) is 7.61. The van der Waals surface area contributed by atoms with Crippen molar-refractivity contribution in [3.63, 3.8) is 0 Å². The number of aromatic carboxylic acids is 1. The summed E-state index contributed by atoms with van der Waals surface area (Å²) >= 11 is 0. The number of aliphatic hydroxyl groups is 1. The van der Waals surface area contributed by atoms with Gasteiger partial charge in [-0.15, -0.1) is 0 Å². The minimum Gasteiger partial charge on any atom is -0.478 e. The molecule has 1 aromatic rings. The quantitative estimate of drug-likeness (QED) is 0.592. The van der Waals surface area contributed by atoms with Gasteiger partial charge in [-0.2, -0.15) is 0 Å². The van der Waals surface area contributed by atoms with Gasteiger partial charge in [0, 0.05) is 17.4 Å². The first-order valence-corrected chi connectivity index (χ1v) is 5.55. The summed E-state index contributed by atoms with van der Waals surface area (Å²) in [5, 5.41) is 21.4. The molecular formula is C12H16N2O3. The van der Waals surface area contributed by atoms with Crippen LogP contribution in [0.4, 0.5) is 11.4 Å². The molecule has 0 aromatic heterocycles. The molecule has 5 nitrogen and oxygen atoms in total. The highest BCUT2D eigenvalue weighted by molar-refractivity contribution is 5.95. The fraction of sp³-hybridized carbons (Fsp3) is 0.417. The number of hydrogen-bond acceptors (Lipinski definition) is 4. The average molecular weight is 236 g/mol. The van der Waals surface area contributed by atoms with E-state index in [0.29, 0.717) is 18.5 Å². The van der Waals surface area contributed by atoms with Gasteiger partial charge in [0.15, 0.2) is 0 Å². The van der Waals surface area contributed by atoms with E-state index in [4.69, 9.17) is 10.8 Å². The van der Waals surface area contributed by atoms with Gasteiger partial charge in [0.25, 0.3) is 0 Å². The number of aryl methyl sites for hydroxylation is 1. The molecule has 1 saturated carbocycles. The first-order chi connectivity index (χ1) is 7.97. The standard InChI is InChI=1S/C12H16N2O3/c1-6-2-7(14-8-3-9(15)4-8)5-10(11(6)13)12(16)17/h2,5,8-9,14-15H,3-4,13H2,1H3,(H,16,17). The molecule has 0 radical (unpaired) electrons. The lowest BCUT2D eigenvalue weighted by Gasteiger charge is -2.33. The molecule has 0 atom stereocenters. The minimum absolute atomic E-state index is 0.118. The lowest BCUT2D eigenvalue weighted by molar-refractivity contribution is 0.0697. The highest BCUT2D eigenvalue weighted by Crippen LogP contribution is 2.27. The Morgan fingerprint density at radius 3 is 2.65 bits per heavy atom. The number of aliphatic hydroxyl groups excluding tert-OH is 1. The lowest BCUT2D eigenvalue weighted by atomic mass is 9.89. The second kappa shape index (κ2) is 4.25. The van der Waals surface area contributed by atoms with E-state index in [1.165, 1.54) is 6.07 Å². The van der Waals surface area contributed by atoms with E-state index in [-0.39, 0.29) is 17.7 Å². The summed E-state index contributed by atoms with van der Waals surface area (Å²) in [7, 11) is 0. The van der Waals surface area contributed by atoms with Gasteiger partial charge < -0.3 is 21.3 Å². The molecule has 1 aliphatic rings. The first-order valence-electron chi connectivity index (χ1n) is 5.55. The van der Waals surface area contributed by atoms with Crippen LogP contribution >= 0.6 is 0 Å². The molecule has 0 unspecified atom stereocenters. The van der Waals surface area contributed by atoms with E-state index >= 15 is 0 Å². The second-order valence-corrected chi connectivity index (χ2v) is 4.53. The molecule has 2 rings (SSSR count). The maximum Gasteiger partial charge on any atom is 0.337 e. The Labute approximate surface area is 99.3 Å². The number of rotatable bonds is 3. The molecule has 0 bridgehead atoms. The number of carboxylic acids is 1. The summed E-state index contributed by atoms with van der Waals surface area (Å²) < 4.78 is 0. The fourth-order valence-corrected chi connectivity index (χ4v) is 2.00. The van der Waals surface area contributed by atoms with Crippen molar-refractivity contribution in [2.24, 2.45) is 0 Å². The molecule has 0 amide bonds. The van der Waals surface area contributed by atoms with Gasteiger partial charge in [0.1, 0.15) is 0 Å². The largest absolute Gasteiger partial charge is 0.478 e. The third-order valence-electron chi connectivity index (χ3n) is 3.10. The molecule has 0 spiro atoms. The van der Waals surface area contributed by atoms with Crippen molar-refractivity contribution in [3.8, 4) is 0 Å². The van der Waals surface area contributed by atoms with Gasteiger partial charge in [-0.3, -0.25) is 0 Å². The SMILES string of the molecule is Cc1cc(NC2CC(O)C2)cc(C(=O)O)c1N. The van der Waals surface area contributed by atoms with E-state index < -0.39 is 5.97 Å². The van der Waals surface area contributed by atoms with Gasteiger partial charge in [0.2, 0.25) is 0 Å². The summed E-state index contributed by atoms with van der Waals surface area (Å²) in [5.74, 6) is -1.03. The zero-order chi connectivity index (χ0) is 12.6. The van der Waals surface area contributed by atoms with Gasteiger partial charge in [-0.05, 0) is 37.5 Å². The van der Waals surface area contributed by atoms with E-state index in [1.807, 2.05) is 6.07 Å². The average Bonchev–Trinajstić information content (AvgIpc) is 2.20. The number of benzene rings is 1. The molecule has 92 valence electrons. The van der Waals surface area contributed by atoms with E-state index in [2.05, 4.69) is 5.32 Å². The van der Waals surface area contributed by atoms with Crippen LogP contribution in [0.25, 0.3) is 0 Å². The van der Waals surface area contributed by atoms with Crippen molar-refractivity contribution in [1.29, 1.82) is 0 Å². The summed E-state index contributed by atoms with van der Waals surface area (Å²) in [4.78, 5) is 11.0. The maximum absolute atomic E-state index is 11.0. The summed E-state index contributed by atoms with van der Waals surface area (Å²) in [6.07, 6.45) is 1.17. The van der Waals surface area contributed by atoms with Crippen LogP contribution in [0.5, 0.6) is 0 Å². The zero-order valence-corrected chi connectivity index (χ0v) is 9.60. The number of nitrogens with two attached hydrogens (primary N) is 1. The van der Waals surface area contributed by atoms with Gasteiger partial charge >= 0.3 is 5.97 Å². The zero-order valence-electron chi connectivity index (χ0n) is 9.60. The Morgan fingerprint density at radius 1 is 1.47 bits per heavy atom. The van der Waals surface area contributed by atoms with Crippen LogP contribution in [0.1, 0.15) is 28.8 Å². The number of hydrogen-bond donors (Lipinski definition) is 4. The third kappa shape index (κ3) is 2.34. The van der Waals surface area contributed by atoms with Crippen LogP contribution in [0.3, 0.4) is 0 Å². The van der Waals surface area contributed by atoms with Gasteiger partial charge in [-0.25, -0.2) is 4.79 Å². The highest BCUT2D eigenvalue weighted by atomic mass is 16.4. The smallest absolute Gasteiger partial charge is 0.337 e. The van der Waals surface area contributed by atoms with Crippen molar-refractivity contribution < 1.29 is 15.0 Å². The highest BCUT2D eigenvalue weighted by Gasteiger charge is 2.27. The normalized spacial score (nSPS) is 22.9. The van der Waals surface area contributed by atoms with Crippen LogP contribution < -0.4 is 11.1 Å². The summed E-state index contributed by atoms with van der Waals surface area (Å²) in [6, 6.07) is 3.58. The Kier molecular flexibility index (Phi) is 2.93. The van der Waals surface area contributed by atoms with Crippen LogP contribution in [0, 0.1) is 6.92 Å². The Morgan fingerprint density at radius 2 is 2.12 bits per heavy atom. The minimum atomic E-state index is -1.03. The lowest BCUT2D eigenvalue weighted by Crippen LogP contribution is -2.39. The molecule has 1 fully saturated rings. The van der Waals surface area contributed by atoms with Gasteiger partial charge in [-0.1, -0.05) is 0 Å². The Hall–Kier alpha value is -1.75. The Bertz CT molecular complexity index is 453.